The smallest absolute Gasteiger partial charge is 0.0304 e. The molecule has 2 rings (SSSR count). The maximum atomic E-state index is 3.74. The summed E-state index contributed by atoms with van der Waals surface area (Å²) in [6, 6.07) is 0. The molecule has 16 heavy (non-hydrogen) atoms. The Morgan fingerprint density at radius 2 is 1.94 bits per heavy atom. The fraction of sp³-hybridized carbons (Fsp3) is 1.00. The lowest BCUT2D eigenvalue weighted by atomic mass is 9.90. The third kappa shape index (κ3) is 2.43. The summed E-state index contributed by atoms with van der Waals surface area (Å²) in [5.41, 5.74) is 1.06. The zero-order valence-electron chi connectivity index (χ0n) is 11.2. The summed E-state index contributed by atoms with van der Waals surface area (Å²) in [7, 11) is 0. The minimum Gasteiger partial charge on any atom is -0.314 e. The van der Waals surface area contributed by atoms with Crippen LogP contribution in [0.1, 0.15) is 52.9 Å². The third-order valence-corrected chi connectivity index (χ3v) is 5.07. The quantitative estimate of drug-likeness (QED) is 0.724. The van der Waals surface area contributed by atoms with E-state index in [1.165, 1.54) is 45.2 Å². The molecule has 1 heterocycles. The van der Waals surface area contributed by atoms with Gasteiger partial charge in [-0.05, 0) is 50.0 Å². The predicted molar refractivity (Wildman–Crippen MR) is 69.6 cm³/mol. The van der Waals surface area contributed by atoms with E-state index in [2.05, 4.69) is 31.4 Å². The minimum atomic E-state index is 0.410. The molecule has 1 aliphatic heterocycles. The largest absolute Gasteiger partial charge is 0.314 e. The van der Waals surface area contributed by atoms with Gasteiger partial charge in [-0.2, -0.15) is 0 Å². The summed E-state index contributed by atoms with van der Waals surface area (Å²) in [6.07, 6.45) is 6.83. The van der Waals surface area contributed by atoms with Gasteiger partial charge < -0.3 is 10.6 Å². The average molecular weight is 224 g/mol. The van der Waals surface area contributed by atoms with Gasteiger partial charge in [0, 0.05) is 18.6 Å². The van der Waals surface area contributed by atoms with Crippen molar-refractivity contribution < 1.29 is 0 Å². The van der Waals surface area contributed by atoms with E-state index in [1.807, 2.05) is 0 Å². The van der Waals surface area contributed by atoms with E-state index in [0.29, 0.717) is 11.0 Å². The van der Waals surface area contributed by atoms with Gasteiger partial charge in [0.25, 0.3) is 0 Å². The van der Waals surface area contributed by atoms with Gasteiger partial charge >= 0.3 is 0 Å². The second-order valence-electron chi connectivity index (χ2n) is 6.28. The Bertz CT molecular complexity index is 225. The van der Waals surface area contributed by atoms with Gasteiger partial charge in [0.05, 0.1) is 0 Å². The molecule has 0 radical (unpaired) electrons. The molecule has 94 valence electrons. The molecular weight excluding hydrogens is 196 g/mol. The molecule has 0 amide bonds. The third-order valence-electron chi connectivity index (χ3n) is 5.07. The predicted octanol–water partition coefficient (Wildman–Crippen LogP) is 2.54. The second-order valence-corrected chi connectivity index (χ2v) is 6.28. The van der Waals surface area contributed by atoms with E-state index < -0.39 is 0 Å². The number of hydrogen-bond donors (Lipinski definition) is 2. The van der Waals surface area contributed by atoms with Gasteiger partial charge in [-0.25, -0.2) is 0 Å². The Morgan fingerprint density at radius 1 is 1.19 bits per heavy atom. The van der Waals surface area contributed by atoms with Crippen LogP contribution in [0.5, 0.6) is 0 Å². The molecule has 1 aliphatic carbocycles. The molecule has 2 N–H and O–H groups in total. The van der Waals surface area contributed by atoms with Crippen molar-refractivity contribution >= 4 is 0 Å². The Balaban J connectivity index is 1.75. The summed E-state index contributed by atoms with van der Waals surface area (Å²) >= 11 is 0. The van der Waals surface area contributed by atoms with Crippen molar-refractivity contribution in [2.75, 3.05) is 19.6 Å². The zero-order valence-corrected chi connectivity index (χ0v) is 11.2. The molecule has 2 nitrogen and oxygen atoms in total. The summed E-state index contributed by atoms with van der Waals surface area (Å²) in [5.74, 6) is 0.842. The van der Waals surface area contributed by atoms with Gasteiger partial charge in [-0.1, -0.05) is 20.8 Å². The Morgan fingerprint density at radius 3 is 2.38 bits per heavy atom. The average Bonchev–Trinajstić information content (AvgIpc) is 2.91. The van der Waals surface area contributed by atoms with Gasteiger partial charge in [-0.3, -0.25) is 0 Å². The van der Waals surface area contributed by atoms with E-state index in [9.17, 15) is 0 Å². The lowest BCUT2D eigenvalue weighted by Gasteiger charge is -2.30. The van der Waals surface area contributed by atoms with Crippen LogP contribution in [0.15, 0.2) is 0 Å². The zero-order chi connectivity index (χ0) is 11.6. The van der Waals surface area contributed by atoms with E-state index >= 15 is 0 Å². The molecule has 1 saturated heterocycles. The second kappa shape index (κ2) is 4.66. The topological polar surface area (TPSA) is 24.1 Å². The Kier molecular flexibility index (Phi) is 3.60. The molecule has 2 fully saturated rings. The van der Waals surface area contributed by atoms with E-state index in [1.54, 1.807) is 0 Å². The van der Waals surface area contributed by atoms with Crippen LogP contribution in [0.25, 0.3) is 0 Å². The first-order valence-electron chi connectivity index (χ1n) is 7.08. The summed E-state index contributed by atoms with van der Waals surface area (Å²) in [4.78, 5) is 0. The summed E-state index contributed by atoms with van der Waals surface area (Å²) in [6.45, 7) is 10.7. The lowest BCUT2D eigenvalue weighted by Crippen LogP contribution is -2.49. The first-order chi connectivity index (χ1) is 7.63. The molecule has 1 unspecified atom stereocenters. The molecule has 2 heteroatoms. The molecule has 0 aromatic carbocycles. The fourth-order valence-electron chi connectivity index (χ4n) is 3.12. The van der Waals surface area contributed by atoms with Crippen LogP contribution < -0.4 is 10.6 Å². The van der Waals surface area contributed by atoms with Crippen molar-refractivity contribution in [3.63, 3.8) is 0 Å². The highest BCUT2D eigenvalue weighted by atomic mass is 15.1. The van der Waals surface area contributed by atoms with Gasteiger partial charge in [0.2, 0.25) is 0 Å². The Hall–Kier alpha value is -0.0800. The van der Waals surface area contributed by atoms with Crippen molar-refractivity contribution in [1.82, 2.24) is 10.6 Å². The molecule has 0 spiro atoms. The van der Waals surface area contributed by atoms with Crippen LogP contribution >= 0.6 is 0 Å². The van der Waals surface area contributed by atoms with Crippen LogP contribution in [0.2, 0.25) is 0 Å². The van der Waals surface area contributed by atoms with E-state index in [0.717, 1.165) is 12.5 Å². The van der Waals surface area contributed by atoms with Crippen LogP contribution in [0, 0.1) is 11.3 Å². The van der Waals surface area contributed by atoms with Crippen molar-refractivity contribution in [3.05, 3.63) is 0 Å². The first kappa shape index (κ1) is 12.4. The normalized spacial score (nSPS) is 32.2. The molecular formula is C14H28N2. The van der Waals surface area contributed by atoms with E-state index in [4.69, 9.17) is 0 Å². The monoisotopic (exact) mass is 224 g/mol. The Labute approximate surface area is 101 Å². The SMILES string of the molecule is CCC1(CNCC2(C(C)C)CC2)CCCN1. The molecule has 1 atom stereocenters. The van der Waals surface area contributed by atoms with Gasteiger partial charge in [-0.15, -0.1) is 0 Å². The van der Waals surface area contributed by atoms with Gasteiger partial charge in [0.15, 0.2) is 0 Å². The minimum absolute atomic E-state index is 0.410. The molecule has 0 aromatic rings. The summed E-state index contributed by atoms with van der Waals surface area (Å²) in [5, 5.41) is 7.43. The highest BCUT2D eigenvalue weighted by molar-refractivity contribution is 4.99. The molecule has 0 aromatic heterocycles. The number of hydrogen-bond acceptors (Lipinski definition) is 2. The molecule has 1 saturated carbocycles. The van der Waals surface area contributed by atoms with E-state index in [-0.39, 0.29) is 0 Å². The van der Waals surface area contributed by atoms with Crippen LogP contribution in [0.3, 0.4) is 0 Å². The van der Waals surface area contributed by atoms with Crippen molar-refractivity contribution in [1.29, 1.82) is 0 Å². The number of rotatable bonds is 6. The van der Waals surface area contributed by atoms with Crippen molar-refractivity contribution in [3.8, 4) is 0 Å². The highest BCUT2D eigenvalue weighted by Gasteiger charge is 2.45. The highest BCUT2D eigenvalue weighted by Crippen LogP contribution is 2.51. The maximum absolute atomic E-state index is 3.74. The van der Waals surface area contributed by atoms with Gasteiger partial charge in [0.1, 0.15) is 0 Å². The van der Waals surface area contributed by atoms with Crippen molar-refractivity contribution in [2.45, 2.75) is 58.4 Å². The standard InChI is InChI=1S/C14H28N2/c1-4-14(6-5-9-16-14)11-15-10-13(7-8-13)12(2)3/h12,15-16H,4-11H2,1-3H3. The summed E-state index contributed by atoms with van der Waals surface area (Å²) < 4.78 is 0. The van der Waals surface area contributed by atoms with Crippen molar-refractivity contribution in [2.24, 2.45) is 11.3 Å². The first-order valence-corrected chi connectivity index (χ1v) is 7.08. The number of nitrogens with one attached hydrogen (secondary N) is 2. The lowest BCUT2D eigenvalue weighted by molar-refractivity contribution is 0.292. The molecule has 2 aliphatic rings. The fourth-order valence-corrected chi connectivity index (χ4v) is 3.12. The maximum Gasteiger partial charge on any atom is 0.0304 e. The van der Waals surface area contributed by atoms with Crippen LogP contribution in [-0.4, -0.2) is 25.2 Å². The van der Waals surface area contributed by atoms with Crippen LogP contribution in [-0.2, 0) is 0 Å². The molecule has 0 bridgehead atoms. The van der Waals surface area contributed by atoms with Crippen LogP contribution in [0.4, 0.5) is 0 Å².